The molecule has 2 heterocycles. The van der Waals surface area contributed by atoms with Gasteiger partial charge in [-0.2, -0.15) is 0 Å². The number of fused-ring (bicyclic) bond motifs is 1. The maximum Gasteiger partial charge on any atom is 0.257 e. The van der Waals surface area contributed by atoms with Gasteiger partial charge in [0, 0.05) is 27.3 Å². The first-order chi connectivity index (χ1) is 14.0. The molecule has 1 N–H and O–H groups in total. The number of nitrogens with zero attached hydrogens (tertiary/aromatic N) is 1. The molecule has 29 heavy (non-hydrogen) atoms. The number of halogens is 3. The highest BCUT2D eigenvalue weighted by Gasteiger charge is 2.54. The van der Waals surface area contributed by atoms with Crippen LogP contribution in [0.1, 0.15) is 15.9 Å². The van der Waals surface area contributed by atoms with E-state index in [1.165, 1.54) is 17.8 Å². The molecule has 2 aliphatic heterocycles. The molecule has 4 rings (SSSR count). The van der Waals surface area contributed by atoms with Crippen molar-refractivity contribution in [2.45, 2.75) is 11.6 Å². The van der Waals surface area contributed by atoms with Crippen molar-refractivity contribution < 1.29 is 17.0 Å². The molecule has 1 amide bonds. The van der Waals surface area contributed by atoms with Crippen LogP contribution in [-0.4, -0.2) is 36.1 Å². The molecular weight excluding hydrogens is 574 g/mol. The van der Waals surface area contributed by atoms with E-state index >= 15 is 0 Å². The van der Waals surface area contributed by atoms with Gasteiger partial charge in [-0.25, -0.2) is 9.38 Å². The fourth-order valence-corrected chi connectivity index (χ4v) is 5.66. The Morgan fingerprint density at radius 2 is 2.17 bits per heavy atom. The van der Waals surface area contributed by atoms with Crippen molar-refractivity contribution in [2.24, 2.45) is 10.9 Å². The second-order valence-electron chi connectivity index (χ2n) is 6.83. The quantitative estimate of drug-likeness (QED) is 0.525. The molecule has 1 fully saturated rings. The Labute approximate surface area is 194 Å². The number of hydrogen-bond acceptors (Lipinski definition) is 5. The van der Waals surface area contributed by atoms with Crippen LogP contribution in [0.5, 0.6) is 0 Å². The molecule has 0 aliphatic carbocycles. The first-order valence-electron chi connectivity index (χ1n) is 8.93. The molecule has 9 heteroatoms. The molecule has 152 valence electrons. The van der Waals surface area contributed by atoms with Crippen molar-refractivity contribution in [3.8, 4) is 0 Å². The first kappa shape index (κ1) is 21.2. The van der Waals surface area contributed by atoms with Gasteiger partial charge in [-0.05, 0) is 30.3 Å². The number of amidine groups is 1. The molecule has 2 aromatic rings. The maximum atomic E-state index is 14.9. The summed E-state index contributed by atoms with van der Waals surface area (Å²) >= 11 is 6.71. The van der Waals surface area contributed by atoms with E-state index in [1.54, 1.807) is 36.4 Å². The molecule has 0 saturated carbocycles. The van der Waals surface area contributed by atoms with E-state index in [4.69, 9.17) is 12.8 Å². The Bertz CT molecular complexity index is 949. The van der Waals surface area contributed by atoms with Gasteiger partial charge < -0.3 is 13.1 Å². The average molecular weight is 591 g/mol. The van der Waals surface area contributed by atoms with Gasteiger partial charge in [-0.15, -0.1) is 0 Å². The minimum atomic E-state index is -0.918. The predicted molar refractivity (Wildman–Crippen MR) is 123 cm³/mol. The van der Waals surface area contributed by atoms with Crippen molar-refractivity contribution in [1.29, 1.82) is 0 Å². The zero-order valence-corrected chi connectivity index (χ0v) is 19.7. The van der Waals surface area contributed by atoms with Crippen molar-refractivity contribution in [3.05, 3.63) is 69.9 Å². The third kappa shape index (κ3) is 4.25. The number of ether oxygens (including phenoxy) is 1. The summed E-state index contributed by atoms with van der Waals surface area (Å²) in [5.41, 5.74) is 0.0807. The summed E-state index contributed by atoms with van der Waals surface area (Å²) in [6, 6.07) is 13.8. The number of carbonyl (C=O) groups is 1. The van der Waals surface area contributed by atoms with Crippen LogP contribution in [0.2, 0.25) is 0 Å². The number of carbonyl (C=O) groups excluding carboxylic acids is 1. The molecule has 5 nitrogen and oxygen atoms in total. The van der Waals surface area contributed by atoms with Crippen LogP contribution in [0.15, 0.2) is 58.0 Å². The van der Waals surface area contributed by atoms with Crippen LogP contribution >= 0.6 is 50.7 Å². The van der Waals surface area contributed by atoms with Crippen LogP contribution < -0.4 is 5.32 Å². The second-order valence-corrected chi connectivity index (χ2v) is 9.38. The summed E-state index contributed by atoms with van der Waals surface area (Å²) in [5, 5.41) is 3.34. The molecule has 3 atom stereocenters. The van der Waals surface area contributed by atoms with E-state index in [1.807, 2.05) is 29.1 Å². The molecule has 0 spiro atoms. The zero-order chi connectivity index (χ0) is 20.4. The highest BCUT2D eigenvalue weighted by Crippen LogP contribution is 2.48. The molecule has 2 aromatic carbocycles. The van der Waals surface area contributed by atoms with Gasteiger partial charge in [-0.1, -0.05) is 45.9 Å². The molecule has 0 radical (unpaired) electrons. The van der Waals surface area contributed by atoms with Gasteiger partial charge in [-0.3, -0.25) is 4.79 Å². The fourth-order valence-electron chi connectivity index (χ4n) is 3.72. The van der Waals surface area contributed by atoms with Gasteiger partial charge in [0.2, 0.25) is 0 Å². The molecule has 2 aliphatic rings. The minimum absolute atomic E-state index is 0.0801. The van der Waals surface area contributed by atoms with E-state index in [0.29, 0.717) is 28.7 Å². The maximum absolute atomic E-state index is 14.9. The van der Waals surface area contributed by atoms with Crippen molar-refractivity contribution >= 4 is 61.8 Å². The minimum Gasteiger partial charge on any atom is -0.372 e. The molecular formula is C20H17BrFIN2O3S. The number of nitrogens with one attached hydrogen (secondary N) is 1. The highest BCUT2D eigenvalue weighted by atomic mass is 127. The van der Waals surface area contributed by atoms with E-state index in [-0.39, 0.29) is 30.4 Å². The van der Waals surface area contributed by atoms with Gasteiger partial charge in [0.15, 0.2) is 5.17 Å². The summed E-state index contributed by atoms with van der Waals surface area (Å²) in [6.07, 6.45) is -0.201. The number of hydrogen-bond donors (Lipinski definition) is 1. The topological polar surface area (TPSA) is 59.9 Å². The summed E-state index contributed by atoms with van der Waals surface area (Å²) in [5.74, 6) is -0.0401. The van der Waals surface area contributed by atoms with E-state index in [0.717, 1.165) is 4.47 Å². The Morgan fingerprint density at radius 3 is 2.93 bits per heavy atom. The summed E-state index contributed by atoms with van der Waals surface area (Å²) in [7, 11) is 0. The largest absolute Gasteiger partial charge is 0.372 e. The van der Waals surface area contributed by atoms with Crippen LogP contribution in [0.3, 0.4) is 0 Å². The lowest BCUT2D eigenvalue weighted by Gasteiger charge is -2.36. The van der Waals surface area contributed by atoms with E-state index in [2.05, 4.69) is 21.2 Å². The van der Waals surface area contributed by atoms with Gasteiger partial charge in [0.1, 0.15) is 34.4 Å². The fraction of sp³-hybridized carbons (Fsp3) is 0.300. The number of amides is 1. The number of rotatable bonds is 4. The third-order valence-corrected chi connectivity index (χ3v) is 7.00. The Kier molecular flexibility index (Phi) is 6.59. The normalized spacial score (nSPS) is 26.0. The van der Waals surface area contributed by atoms with Gasteiger partial charge in [0.05, 0.1) is 19.3 Å². The summed E-state index contributed by atoms with van der Waals surface area (Å²) in [4.78, 5) is 17.4. The van der Waals surface area contributed by atoms with Crippen molar-refractivity contribution in [1.82, 2.24) is 5.32 Å². The van der Waals surface area contributed by atoms with Crippen molar-refractivity contribution in [2.75, 3.05) is 19.0 Å². The van der Waals surface area contributed by atoms with Gasteiger partial charge in [0.25, 0.3) is 5.91 Å². The lowest BCUT2D eigenvalue weighted by molar-refractivity contribution is 0.0652. The Hall–Kier alpha value is -1.01. The van der Waals surface area contributed by atoms with Crippen LogP contribution in [0.4, 0.5) is 4.39 Å². The number of thioether (sulfide) groups is 1. The number of benzene rings is 2. The number of aliphatic imine (C=N–C) groups is 1. The van der Waals surface area contributed by atoms with Gasteiger partial charge >= 0.3 is 0 Å². The smallest absolute Gasteiger partial charge is 0.257 e. The average Bonchev–Trinajstić information content (AvgIpc) is 3.09. The van der Waals surface area contributed by atoms with Crippen LogP contribution in [0.25, 0.3) is 0 Å². The molecule has 0 aromatic heterocycles. The highest BCUT2D eigenvalue weighted by molar-refractivity contribution is 14.1. The Morgan fingerprint density at radius 1 is 1.38 bits per heavy atom. The third-order valence-electron chi connectivity index (χ3n) is 5.16. The zero-order valence-electron chi connectivity index (χ0n) is 15.1. The Balaban J connectivity index is 1.72. The predicted octanol–water partition coefficient (Wildman–Crippen LogP) is 4.70. The molecule has 1 saturated heterocycles. The monoisotopic (exact) mass is 590 g/mol. The standard InChI is InChI=1S/C20H17BrFIN2O3S/c21-13-6-7-16(22)14(8-13)20-11-27-17(9-28-23)15(20)10-29-19(25-20)24-18(26)12-4-2-1-3-5-12/h1-8,15,17H,9-11H2,(H,24,25,26)/t15-,17-,20-/m1/s1. The van der Waals surface area contributed by atoms with Crippen LogP contribution in [-0.2, 0) is 13.3 Å². The first-order valence-corrected chi connectivity index (χ1v) is 11.6. The molecule has 0 bridgehead atoms. The molecule has 0 unspecified atom stereocenters. The summed E-state index contributed by atoms with van der Waals surface area (Å²) in [6.45, 7) is 0.616. The lowest BCUT2D eigenvalue weighted by atomic mass is 9.79. The summed E-state index contributed by atoms with van der Waals surface area (Å²) < 4.78 is 26.9. The SMILES string of the molecule is O=C(NC1=N[C@@]2(c3cc(Br)ccc3F)CO[C@H](COI)[C@H]2CS1)c1ccccc1. The van der Waals surface area contributed by atoms with Crippen LogP contribution in [0, 0.1) is 11.7 Å². The van der Waals surface area contributed by atoms with Crippen molar-refractivity contribution in [3.63, 3.8) is 0 Å². The van der Waals surface area contributed by atoms with E-state index < -0.39 is 5.54 Å². The second kappa shape index (κ2) is 9.01. The lowest BCUT2D eigenvalue weighted by Crippen LogP contribution is -2.45. The van der Waals surface area contributed by atoms with E-state index in [9.17, 15) is 9.18 Å².